The molecule has 1 aromatic carbocycles. The summed E-state index contributed by atoms with van der Waals surface area (Å²) in [6.45, 7) is 2.05. The van der Waals surface area contributed by atoms with Crippen LogP contribution in [0.1, 0.15) is 50.6 Å². The lowest BCUT2D eigenvalue weighted by molar-refractivity contribution is 0.169. The SMILES string of the molecule is C[C@H](c1ccc([S@](C)=O)cc1)N(C)C(=O)N[C@@H]1C[C@H]2C[C@H]1[C@H]1CCC[C@@H]21. The number of nitrogens with one attached hydrogen (secondary N) is 1. The Morgan fingerprint density at radius 1 is 1.15 bits per heavy atom. The van der Waals surface area contributed by atoms with Crippen LogP contribution in [0.4, 0.5) is 4.79 Å². The van der Waals surface area contributed by atoms with E-state index in [4.69, 9.17) is 0 Å². The number of amides is 2. The normalized spacial score (nSPS) is 34.3. The number of benzene rings is 1. The van der Waals surface area contributed by atoms with Crippen molar-refractivity contribution in [2.24, 2.45) is 23.7 Å². The number of carbonyl (C=O) groups excluding carboxylic acids is 1. The zero-order valence-corrected chi connectivity index (χ0v) is 16.8. The van der Waals surface area contributed by atoms with Crippen molar-refractivity contribution in [2.75, 3.05) is 13.3 Å². The van der Waals surface area contributed by atoms with E-state index in [1.54, 1.807) is 11.2 Å². The summed E-state index contributed by atoms with van der Waals surface area (Å²) in [4.78, 5) is 15.4. The zero-order valence-electron chi connectivity index (χ0n) is 16.0. The largest absolute Gasteiger partial charge is 0.335 e. The molecule has 7 atom stereocenters. The Morgan fingerprint density at radius 2 is 1.85 bits per heavy atom. The van der Waals surface area contributed by atoms with Gasteiger partial charge in [0.25, 0.3) is 0 Å². The molecule has 5 heteroatoms. The van der Waals surface area contributed by atoms with Crippen molar-refractivity contribution >= 4 is 16.8 Å². The van der Waals surface area contributed by atoms with Crippen molar-refractivity contribution < 1.29 is 9.00 Å². The van der Waals surface area contributed by atoms with Crippen LogP contribution in [-0.4, -0.2) is 34.5 Å². The Kier molecular flexibility index (Phi) is 4.84. The minimum atomic E-state index is -0.970. The first kappa shape index (κ1) is 18.0. The molecule has 0 unspecified atom stereocenters. The fraction of sp³-hybridized carbons (Fsp3) is 0.667. The van der Waals surface area contributed by atoms with Gasteiger partial charge in [0.15, 0.2) is 0 Å². The Labute approximate surface area is 159 Å². The minimum absolute atomic E-state index is 0.00726. The molecule has 26 heavy (non-hydrogen) atoms. The maximum absolute atomic E-state index is 12.8. The van der Waals surface area contributed by atoms with E-state index in [1.165, 1.54) is 32.1 Å². The molecule has 3 aliphatic rings. The van der Waals surface area contributed by atoms with E-state index < -0.39 is 10.8 Å². The molecule has 4 nitrogen and oxygen atoms in total. The molecule has 0 saturated heterocycles. The van der Waals surface area contributed by atoms with Crippen molar-refractivity contribution in [1.82, 2.24) is 10.2 Å². The second kappa shape index (κ2) is 6.99. The average molecular weight is 375 g/mol. The molecule has 1 aromatic rings. The molecular formula is C21H30N2O2S. The maximum atomic E-state index is 12.8. The summed E-state index contributed by atoms with van der Waals surface area (Å²) in [6, 6.07) is 8.14. The van der Waals surface area contributed by atoms with Crippen molar-refractivity contribution in [1.29, 1.82) is 0 Å². The van der Waals surface area contributed by atoms with Crippen LogP contribution in [0.3, 0.4) is 0 Å². The molecule has 2 amide bonds. The highest BCUT2D eigenvalue weighted by Gasteiger charge is 2.54. The molecule has 4 rings (SSSR count). The highest BCUT2D eigenvalue weighted by atomic mass is 32.2. The standard InChI is InChI=1S/C21H30N2O2S/c1-13(14-7-9-16(10-8-14)26(3)25)23(2)21(24)22-20-12-15-11-19(20)18-6-4-5-17(15)18/h7-10,13,15,17-20H,4-6,11-12H2,1-3H3,(H,22,24)/t13-,15-,17+,18+,19+,20-,26+/m1/s1. The Hall–Kier alpha value is -1.36. The third-order valence-electron chi connectivity index (χ3n) is 7.33. The van der Waals surface area contributed by atoms with Gasteiger partial charge in [-0.3, -0.25) is 4.21 Å². The van der Waals surface area contributed by atoms with Gasteiger partial charge in [-0.05, 0) is 74.0 Å². The van der Waals surface area contributed by atoms with Gasteiger partial charge in [-0.25, -0.2) is 4.79 Å². The lowest BCUT2D eigenvalue weighted by Gasteiger charge is -2.34. The van der Waals surface area contributed by atoms with E-state index in [0.717, 1.165) is 28.2 Å². The molecule has 1 N–H and O–H groups in total. The predicted molar refractivity (Wildman–Crippen MR) is 104 cm³/mol. The highest BCUT2D eigenvalue weighted by molar-refractivity contribution is 7.84. The van der Waals surface area contributed by atoms with Crippen molar-refractivity contribution in [3.8, 4) is 0 Å². The third-order valence-corrected chi connectivity index (χ3v) is 8.27. The molecule has 0 aliphatic heterocycles. The van der Waals surface area contributed by atoms with E-state index >= 15 is 0 Å². The summed E-state index contributed by atoms with van der Waals surface area (Å²) in [5.74, 6) is 3.37. The molecule has 0 radical (unpaired) electrons. The summed E-state index contributed by atoms with van der Waals surface area (Å²) in [5.41, 5.74) is 1.07. The van der Waals surface area contributed by atoms with Gasteiger partial charge in [0.05, 0.1) is 6.04 Å². The van der Waals surface area contributed by atoms with Crippen molar-refractivity contribution in [3.63, 3.8) is 0 Å². The number of fused-ring (bicyclic) bond motifs is 5. The van der Waals surface area contributed by atoms with Gasteiger partial charge in [0, 0.05) is 35.0 Å². The van der Waals surface area contributed by atoms with Gasteiger partial charge in [0.1, 0.15) is 0 Å². The lowest BCUT2D eigenvalue weighted by Crippen LogP contribution is -2.48. The van der Waals surface area contributed by atoms with E-state index in [9.17, 15) is 9.00 Å². The van der Waals surface area contributed by atoms with E-state index in [2.05, 4.69) is 5.32 Å². The Morgan fingerprint density at radius 3 is 2.54 bits per heavy atom. The second-order valence-electron chi connectivity index (χ2n) is 8.52. The lowest BCUT2D eigenvalue weighted by atomic mass is 9.79. The highest BCUT2D eigenvalue weighted by Crippen LogP contribution is 2.58. The number of carbonyl (C=O) groups is 1. The van der Waals surface area contributed by atoms with Crippen molar-refractivity contribution in [2.45, 2.75) is 56.0 Å². The van der Waals surface area contributed by atoms with Crippen LogP contribution in [0.2, 0.25) is 0 Å². The van der Waals surface area contributed by atoms with Crippen LogP contribution >= 0.6 is 0 Å². The van der Waals surface area contributed by atoms with E-state index in [0.29, 0.717) is 12.0 Å². The molecule has 142 valence electrons. The number of urea groups is 1. The first-order valence-electron chi connectivity index (χ1n) is 9.92. The van der Waals surface area contributed by atoms with Gasteiger partial charge in [-0.15, -0.1) is 0 Å². The summed E-state index contributed by atoms with van der Waals surface area (Å²) in [7, 11) is 0.903. The first-order chi connectivity index (χ1) is 12.5. The van der Waals surface area contributed by atoms with E-state index in [1.807, 2.05) is 38.2 Å². The fourth-order valence-corrected chi connectivity index (χ4v) is 6.35. The van der Waals surface area contributed by atoms with Gasteiger partial charge < -0.3 is 10.2 Å². The topological polar surface area (TPSA) is 49.4 Å². The van der Waals surface area contributed by atoms with E-state index in [-0.39, 0.29) is 12.1 Å². The molecule has 2 bridgehead atoms. The van der Waals surface area contributed by atoms with Crippen LogP contribution in [-0.2, 0) is 10.8 Å². The van der Waals surface area contributed by atoms with Crippen LogP contribution < -0.4 is 5.32 Å². The minimum Gasteiger partial charge on any atom is -0.335 e. The second-order valence-corrected chi connectivity index (χ2v) is 9.90. The summed E-state index contributed by atoms with van der Waals surface area (Å²) < 4.78 is 11.5. The van der Waals surface area contributed by atoms with Gasteiger partial charge in [0.2, 0.25) is 0 Å². The molecule has 0 spiro atoms. The van der Waals surface area contributed by atoms with Crippen LogP contribution in [0.15, 0.2) is 29.2 Å². The average Bonchev–Trinajstić information content (AvgIpc) is 3.33. The quantitative estimate of drug-likeness (QED) is 0.867. The molecule has 3 saturated carbocycles. The number of nitrogens with zero attached hydrogens (tertiary/aromatic N) is 1. The monoisotopic (exact) mass is 374 g/mol. The predicted octanol–water partition coefficient (Wildman–Crippen LogP) is 3.95. The van der Waals surface area contributed by atoms with Gasteiger partial charge in [-0.1, -0.05) is 18.6 Å². The number of hydrogen-bond acceptors (Lipinski definition) is 2. The molecule has 0 aromatic heterocycles. The molecular weight excluding hydrogens is 344 g/mol. The Balaban J connectivity index is 1.38. The van der Waals surface area contributed by atoms with Crippen LogP contribution in [0, 0.1) is 23.7 Å². The molecule has 0 heterocycles. The first-order valence-corrected chi connectivity index (χ1v) is 11.5. The zero-order chi connectivity index (χ0) is 18.4. The number of rotatable bonds is 4. The van der Waals surface area contributed by atoms with Gasteiger partial charge >= 0.3 is 6.03 Å². The Bertz CT molecular complexity index is 704. The third kappa shape index (κ3) is 3.08. The molecule has 3 aliphatic carbocycles. The van der Waals surface area contributed by atoms with Crippen molar-refractivity contribution in [3.05, 3.63) is 29.8 Å². The summed E-state index contributed by atoms with van der Waals surface area (Å²) in [5, 5.41) is 3.34. The fourth-order valence-electron chi connectivity index (χ4n) is 5.83. The summed E-state index contributed by atoms with van der Waals surface area (Å²) >= 11 is 0. The molecule has 3 fully saturated rings. The number of hydrogen-bond donors (Lipinski definition) is 1. The summed E-state index contributed by atoms with van der Waals surface area (Å²) in [6.07, 6.45) is 8.37. The smallest absolute Gasteiger partial charge is 0.317 e. The van der Waals surface area contributed by atoms with Gasteiger partial charge in [-0.2, -0.15) is 0 Å². The van der Waals surface area contributed by atoms with Crippen LogP contribution in [0.25, 0.3) is 0 Å². The van der Waals surface area contributed by atoms with Crippen LogP contribution in [0.5, 0.6) is 0 Å². The maximum Gasteiger partial charge on any atom is 0.317 e.